The van der Waals surface area contributed by atoms with Crippen LogP contribution in [0.15, 0.2) is 18.2 Å². The summed E-state index contributed by atoms with van der Waals surface area (Å²) in [5.74, 6) is 0.583. The number of rotatable bonds is 9. The van der Waals surface area contributed by atoms with Crippen molar-refractivity contribution in [3.8, 4) is 5.75 Å². The smallest absolute Gasteiger partial charge is 0.239 e. The van der Waals surface area contributed by atoms with Crippen molar-refractivity contribution in [1.29, 1.82) is 0 Å². The molecule has 0 aromatic heterocycles. The van der Waals surface area contributed by atoms with Gasteiger partial charge in [-0.3, -0.25) is 9.59 Å². The van der Waals surface area contributed by atoms with E-state index in [1.54, 1.807) is 11.0 Å². The van der Waals surface area contributed by atoms with Crippen LogP contribution in [0.2, 0.25) is 5.02 Å². The Morgan fingerprint density at radius 3 is 2.65 bits per heavy atom. The fourth-order valence-electron chi connectivity index (χ4n) is 2.08. The lowest BCUT2D eigenvalue weighted by Crippen LogP contribution is -2.40. The molecular weight excluding hydrogens is 316 g/mol. The molecule has 0 saturated heterocycles. The molecule has 1 rings (SSSR count). The molecule has 0 bridgehead atoms. The van der Waals surface area contributed by atoms with Crippen LogP contribution in [0.1, 0.15) is 32.3 Å². The maximum atomic E-state index is 12.1. The van der Waals surface area contributed by atoms with Gasteiger partial charge in [0.2, 0.25) is 11.8 Å². The van der Waals surface area contributed by atoms with E-state index < -0.39 is 0 Å². The SMILES string of the molecule is CCNC(=O)CN(CC)C(=O)CCCOc1ccc(Cl)c(C)c1. The quantitative estimate of drug-likeness (QED) is 0.703. The molecule has 0 aliphatic rings. The predicted octanol–water partition coefficient (Wildman–Crippen LogP) is 2.79. The molecule has 0 heterocycles. The number of likely N-dealkylation sites (N-methyl/N-ethyl adjacent to an activating group) is 2. The summed E-state index contributed by atoms with van der Waals surface area (Å²) < 4.78 is 5.62. The highest BCUT2D eigenvalue weighted by atomic mass is 35.5. The summed E-state index contributed by atoms with van der Waals surface area (Å²) in [5.41, 5.74) is 0.958. The number of nitrogens with zero attached hydrogens (tertiary/aromatic N) is 1. The molecule has 23 heavy (non-hydrogen) atoms. The highest BCUT2D eigenvalue weighted by Crippen LogP contribution is 2.21. The molecular formula is C17H25ClN2O3. The van der Waals surface area contributed by atoms with Gasteiger partial charge in [0.05, 0.1) is 13.2 Å². The monoisotopic (exact) mass is 340 g/mol. The molecule has 5 nitrogen and oxygen atoms in total. The van der Waals surface area contributed by atoms with Crippen LogP contribution in [0, 0.1) is 6.92 Å². The Morgan fingerprint density at radius 2 is 2.04 bits per heavy atom. The number of halogens is 1. The molecule has 0 unspecified atom stereocenters. The summed E-state index contributed by atoms with van der Waals surface area (Å²) in [6, 6.07) is 5.48. The minimum atomic E-state index is -0.129. The first-order chi connectivity index (χ1) is 11.0. The molecule has 0 spiro atoms. The number of carbonyl (C=O) groups is 2. The highest BCUT2D eigenvalue weighted by molar-refractivity contribution is 6.31. The second-order valence-corrected chi connectivity index (χ2v) is 5.63. The van der Waals surface area contributed by atoms with Gasteiger partial charge < -0.3 is 15.0 Å². The van der Waals surface area contributed by atoms with Crippen LogP contribution < -0.4 is 10.1 Å². The van der Waals surface area contributed by atoms with Crippen molar-refractivity contribution < 1.29 is 14.3 Å². The third-order valence-corrected chi connectivity index (χ3v) is 3.80. The Labute approximate surface area is 142 Å². The zero-order valence-electron chi connectivity index (χ0n) is 14.0. The molecule has 1 aromatic carbocycles. The summed E-state index contributed by atoms with van der Waals surface area (Å²) in [6.45, 7) is 7.28. The van der Waals surface area contributed by atoms with Crippen LogP contribution in [-0.2, 0) is 9.59 Å². The summed E-state index contributed by atoms with van der Waals surface area (Å²) in [4.78, 5) is 25.2. The molecule has 0 atom stereocenters. The number of benzene rings is 1. The van der Waals surface area contributed by atoms with Crippen molar-refractivity contribution in [3.63, 3.8) is 0 Å². The molecule has 0 aliphatic carbocycles. The third-order valence-electron chi connectivity index (χ3n) is 3.38. The maximum Gasteiger partial charge on any atom is 0.239 e. The standard InChI is InChI=1S/C17H25ClN2O3/c1-4-19-16(21)12-20(5-2)17(22)7-6-10-23-14-8-9-15(18)13(3)11-14/h8-9,11H,4-7,10,12H2,1-3H3,(H,19,21). The second-order valence-electron chi connectivity index (χ2n) is 5.22. The van der Waals surface area contributed by atoms with Crippen molar-refractivity contribution in [2.75, 3.05) is 26.2 Å². The topological polar surface area (TPSA) is 58.6 Å². The first-order valence-corrected chi connectivity index (χ1v) is 8.29. The first-order valence-electron chi connectivity index (χ1n) is 7.91. The Balaban J connectivity index is 2.34. The second kappa shape index (κ2) is 10.1. The van der Waals surface area contributed by atoms with Gasteiger partial charge in [0.15, 0.2) is 0 Å². The van der Waals surface area contributed by atoms with Crippen LogP contribution in [0.4, 0.5) is 0 Å². The predicted molar refractivity (Wildman–Crippen MR) is 91.9 cm³/mol. The van der Waals surface area contributed by atoms with E-state index in [9.17, 15) is 9.59 Å². The van der Waals surface area contributed by atoms with Gasteiger partial charge in [0, 0.05) is 24.5 Å². The van der Waals surface area contributed by atoms with Gasteiger partial charge in [-0.05, 0) is 51.0 Å². The number of ether oxygens (including phenoxy) is 1. The average molecular weight is 341 g/mol. The fraction of sp³-hybridized carbons (Fsp3) is 0.529. The van der Waals surface area contributed by atoms with Crippen molar-refractivity contribution in [3.05, 3.63) is 28.8 Å². The van der Waals surface area contributed by atoms with E-state index in [-0.39, 0.29) is 18.4 Å². The number of hydrogen-bond donors (Lipinski definition) is 1. The van der Waals surface area contributed by atoms with Crippen molar-refractivity contribution >= 4 is 23.4 Å². The van der Waals surface area contributed by atoms with Crippen molar-refractivity contribution in [2.24, 2.45) is 0 Å². The van der Waals surface area contributed by atoms with Crippen molar-refractivity contribution in [2.45, 2.75) is 33.6 Å². The largest absolute Gasteiger partial charge is 0.494 e. The molecule has 0 saturated carbocycles. The zero-order chi connectivity index (χ0) is 17.2. The summed E-state index contributed by atoms with van der Waals surface area (Å²) >= 11 is 5.96. The van der Waals surface area contributed by atoms with E-state index >= 15 is 0 Å². The minimum absolute atomic E-state index is 0.0327. The summed E-state index contributed by atoms with van der Waals surface area (Å²) in [7, 11) is 0. The number of carbonyl (C=O) groups excluding carboxylic acids is 2. The van der Waals surface area contributed by atoms with E-state index in [0.29, 0.717) is 37.6 Å². The van der Waals surface area contributed by atoms with Gasteiger partial charge in [-0.25, -0.2) is 0 Å². The Morgan fingerprint density at radius 1 is 1.30 bits per heavy atom. The van der Waals surface area contributed by atoms with Gasteiger partial charge in [-0.1, -0.05) is 11.6 Å². The third kappa shape index (κ3) is 6.91. The van der Waals surface area contributed by atoms with Crippen LogP contribution >= 0.6 is 11.6 Å². The molecule has 0 radical (unpaired) electrons. The molecule has 128 valence electrons. The van der Waals surface area contributed by atoms with Crippen LogP contribution in [0.5, 0.6) is 5.75 Å². The lowest BCUT2D eigenvalue weighted by molar-refractivity contribution is -0.136. The lowest BCUT2D eigenvalue weighted by Gasteiger charge is -2.20. The highest BCUT2D eigenvalue weighted by Gasteiger charge is 2.14. The minimum Gasteiger partial charge on any atom is -0.494 e. The summed E-state index contributed by atoms with van der Waals surface area (Å²) in [6.07, 6.45) is 0.965. The van der Waals surface area contributed by atoms with E-state index in [2.05, 4.69) is 5.32 Å². The van der Waals surface area contributed by atoms with E-state index in [1.807, 2.05) is 32.9 Å². The molecule has 2 amide bonds. The first kappa shape index (κ1) is 19.3. The van der Waals surface area contributed by atoms with Gasteiger partial charge >= 0.3 is 0 Å². The molecule has 0 aliphatic heterocycles. The van der Waals surface area contributed by atoms with Gasteiger partial charge in [-0.2, -0.15) is 0 Å². The Hall–Kier alpha value is -1.75. The molecule has 0 fully saturated rings. The van der Waals surface area contributed by atoms with Gasteiger partial charge in [0.1, 0.15) is 5.75 Å². The van der Waals surface area contributed by atoms with E-state index in [1.165, 1.54) is 0 Å². The van der Waals surface area contributed by atoms with Gasteiger partial charge in [0.25, 0.3) is 0 Å². The Kier molecular flexibility index (Phi) is 8.48. The Bertz CT molecular complexity index is 535. The van der Waals surface area contributed by atoms with E-state index in [0.717, 1.165) is 11.3 Å². The molecule has 1 aromatic rings. The van der Waals surface area contributed by atoms with Crippen LogP contribution in [0.3, 0.4) is 0 Å². The molecule has 1 N–H and O–H groups in total. The average Bonchev–Trinajstić information content (AvgIpc) is 2.52. The number of hydrogen-bond acceptors (Lipinski definition) is 3. The van der Waals surface area contributed by atoms with Gasteiger partial charge in [-0.15, -0.1) is 0 Å². The summed E-state index contributed by atoms with van der Waals surface area (Å²) in [5, 5.41) is 3.40. The number of amides is 2. The van der Waals surface area contributed by atoms with Crippen LogP contribution in [0.25, 0.3) is 0 Å². The normalized spacial score (nSPS) is 10.3. The van der Waals surface area contributed by atoms with E-state index in [4.69, 9.17) is 16.3 Å². The van der Waals surface area contributed by atoms with Crippen molar-refractivity contribution in [1.82, 2.24) is 10.2 Å². The number of aryl methyl sites for hydroxylation is 1. The number of nitrogens with one attached hydrogen (secondary N) is 1. The van der Waals surface area contributed by atoms with Crippen LogP contribution in [-0.4, -0.2) is 43.0 Å². The lowest BCUT2D eigenvalue weighted by atomic mass is 10.2. The zero-order valence-corrected chi connectivity index (χ0v) is 14.8. The maximum absolute atomic E-state index is 12.1. The fourth-order valence-corrected chi connectivity index (χ4v) is 2.20. The molecule has 6 heteroatoms.